The first kappa shape index (κ1) is 20.6. The summed E-state index contributed by atoms with van der Waals surface area (Å²) in [6, 6.07) is 8.09. The van der Waals surface area contributed by atoms with E-state index in [-0.39, 0.29) is 4.90 Å². The van der Waals surface area contributed by atoms with E-state index in [1.54, 1.807) is 24.4 Å². The van der Waals surface area contributed by atoms with E-state index in [1.165, 1.54) is 12.1 Å². The van der Waals surface area contributed by atoms with Gasteiger partial charge >= 0.3 is 5.97 Å². The SMILES string of the molecule is Cc1ccc(S(=O)(=O)NCC(=O)OCC(=O)Nc2sccc2C#N)cc1C. The van der Waals surface area contributed by atoms with Gasteiger partial charge in [-0.2, -0.15) is 9.98 Å². The third kappa shape index (κ3) is 5.62. The molecule has 2 rings (SSSR count). The Hall–Kier alpha value is -2.74. The molecular weight excluding hydrogens is 390 g/mol. The maximum Gasteiger partial charge on any atom is 0.321 e. The van der Waals surface area contributed by atoms with Crippen LogP contribution in [-0.4, -0.2) is 33.4 Å². The number of nitriles is 1. The van der Waals surface area contributed by atoms with Crippen molar-refractivity contribution in [1.29, 1.82) is 5.26 Å². The number of ether oxygens (including phenoxy) is 1. The predicted octanol–water partition coefficient (Wildman–Crippen LogP) is 1.70. The highest BCUT2D eigenvalue weighted by Gasteiger charge is 2.17. The summed E-state index contributed by atoms with van der Waals surface area (Å²) in [6.07, 6.45) is 0. The van der Waals surface area contributed by atoms with Crippen LogP contribution in [0.1, 0.15) is 16.7 Å². The number of hydrogen-bond acceptors (Lipinski definition) is 7. The number of nitrogens with one attached hydrogen (secondary N) is 2. The average molecular weight is 407 g/mol. The molecule has 1 amide bonds. The van der Waals surface area contributed by atoms with Crippen LogP contribution in [0.4, 0.5) is 5.00 Å². The second-order valence-electron chi connectivity index (χ2n) is 5.55. The lowest BCUT2D eigenvalue weighted by atomic mass is 10.1. The van der Waals surface area contributed by atoms with Gasteiger partial charge in [0.25, 0.3) is 5.91 Å². The molecule has 0 atom stereocenters. The van der Waals surface area contributed by atoms with Crippen molar-refractivity contribution in [1.82, 2.24) is 4.72 Å². The molecule has 0 aliphatic heterocycles. The summed E-state index contributed by atoms with van der Waals surface area (Å²) in [6.45, 7) is 2.45. The van der Waals surface area contributed by atoms with E-state index in [0.717, 1.165) is 22.5 Å². The molecule has 2 aromatic rings. The first-order chi connectivity index (χ1) is 12.7. The molecule has 0 aliphatic carbocycles. The summed E-state index contributed by atoms with van der Waals surface area (Å²) < 4.78 is 31.3. The van der Waals surface area contributed by atoms with E-state index in [1.807, 2.05) is 13.0 Å². The van der Waals surface area contributed by atoms with Crippen LogP contribution in [0.5, 0.6) is 0 Å². The van der Waals surface area contributed by atoms with Gasteiger partial charge in [0.15, 0.2) is 6.61 Å². The highest BCUT2D eigenvalue weighted by atomic mass is 32.2. The lowest BCUT2D eigenvalue weighted by molar-refractivity contribution is -0.146. The van der Waals surface area contributed by atoms with E-state index in [9.17, 15) is 18.0 Å². The van der Waals surface area contributed by atoms with Gasteiger partial charge in [-0.1, -0.05) is 6.07 Å². The van der Waals surface area contributed by atoms with Crippen LogP contribution < -0.4 is 10.0 Å². The van der Waals surface area contributed by atoms with Crippen LogP contribution in [0.25, 0.3) is 0 Å². The molecule has 0 bridgehead atoms. The zero-order chi connectivity index (χ0) is 20.0. The Morgan fingerprint density at radius 2 is 1.96 bits per heavy atom. The molecule has 1 aromatic heterocycles. The number of hydrogen-bond donors (Lipinski definition) is 2. The molecule has 10 heteroatoms. The molecule has 8 nitrogen and oxygen atoms in total. The number of thiophene rings is 1. The van der Waals surface area contributed by atoms with Gasteiger partial charge < -0.3 is 10.1 Å². The number of esters is 1. The summed E-state index contributed by atoms with van der Waals surface area (Å²) >= 11 is 1.16. The first-order valence-electron chi connectivity index (χ1n) is 7.73. The number of benzene rings is 1. The maximum absolute atomic E-state index is 12.2. The van der Waals surface area contributed by atoms with Crippen molar-refractivity contribution in [3.8, 4) is 6.07 Å². The normalized spacial score (nSPS) is 10.9. The van der Waals surface area contributed by atoms with Crippen molar-refractivity contribution < 1.29 is 22.7 Å². The molecule has 2 N–H and O–H groups in total. The van der Waals surface area contributed by atoms with Crippen LogP contribution in [-0.2, 0) is 24.3 Å². The Morgan fingerprint density at radius 1 is 1.22 bits per heavy atom. The summed E-state index contributed by atoms with van der Waals surface area (Å²) in [5.74, 6) is -1.52. The minimum Gasteiger partial charge on any atom is -0.455 e. The largest absolute Gasteiger partial charge is 0.455 e. The smallest absolute Gasteiger partial charge is 0.321 e. The predicted molar refractivity (Wildman–Crippen MR) is 99.7 cm³/mol. The second kappa shape index (κ2) is 8.77. The quantitative estimate of drug-likeness (QED) is 0.673. The lowest BCUT2D eigenvalue weighted by Gasteiger charge is -2.09. The topological polar surface area (TPSA) is 125 Å². The molecule has 0 aliphatic rings. The number of aryl methyl sites for hydroxylation is 2. The fourth-order valence-electron chi connectivity index (χ4n) is 1.97. The van der Waals surface area contributed by atoms with Gasteiger partial charge in [-0.15, -0.1) is 11.3 Å². The van der Waals surface area contributed by atoms with Gasteiger partial charge in [-0.25, -0.2) is 8.42 Å². The minimum absolute atomic E-state index is 0.0397. The molecule has 142 valence electrons. The molecular formula is C17H17N3O5S2. The number of nitrogens with zero attached hydrogens (tertiary/aromatic N) is 1. The summed E-state index contributed by atoms with van der Waals surface area (Å²) in [5, 5.41) is 13.3. The Morgan fingerprint density at radius 3 is 2.63 bits per heavy atom. The van der Waals surface area contributed by atoms with E-state index >= 15 is 0 Å². The van der Waals surface area contributed by atoms with Gasteiger partial charge in [-0.3, -0.25) is 9.59 Å². The molecule has 0 radical (unpaired) electrons. The number of carbonyl (C=O) groups excluding carboxylic acids is 2. The number of carbonyl (C=O) groups is 2. The average Bonchev–Trinajstić information content (AvgIpc) is 3.07. The second-order valence-corrected chi connectivity index (χ2v) is 8.24. The molecule has 0 fully saturated rings. The lowest BCUT2D eigenvalue weighted by Crippen LogP contribution is -2.32. The van der Waals surface area contributed by atoms with Gasteiger partial charge in [0.2, 0.25) is 10.0 Å². The van der Waals surface area contributed by atoms with Crippen LogP contribution in [0.15, 0.2) is 34.5 Å². The maximum atomic E-state index is 12.2. The van der Waals surface area contributed by atoms with Crippen LogP contribution in [0, 0.1) is 25.2 Å². The van der Waals surface area contributed by atoms with Crippen molar-refractivity contribution in [2.45, 2.75) is 18.7 Å². The molecule has 1 heterocycles. The summed E-state index contributed by atoms with van der Waals surface area (Å²) in [5.41, 5.74) is 2.06. The molecule has 27 heavy (non-hydrogen) atoms. The standard InChI is InChI=1S/C17H17N3O5S2/c1-11-3-4-14(7-12(11)2)27(23,24)19-9-16(22)25-10-15(21)20-17-13(8-18)5-6-26-17/h3-7,19H,9-10H2,1-2H3,(H,20,21). The minimum atomic E-state index is -3.87. The van der Waals surface area contributed by atoms with E-state index in [2.05, 4.69) is 10.0 Å². The van der Waals surface area contributed by atoms with Crippen molar-refractivity contribution >= 4 is 38.2 Å². The number of amides is 1. The van der Waals surface area contributed by atoms with Crippen LogP contribution >= 0.6 is 11.3 Å². The monoisotopic (exact) mass is 407 g/mol. The van der Waals surface area contributed by atoms with Crippen molar-refractivity contribution in [3.05, 3.63) is 46.3 Å². The fourth-order valence-corrected chi connectivity index (χ4v) is 3.78. The van der Waals surface area contributed by atoms with Crippen LogP contribution in [0.3, 0.4) is 0 Å². The molecule has 0 saturated carbocycles. The summed E-state index contributed by atoms with van der Waals surface area (Å²) in [4.78, 5) is 23.5. The van der Waals surface area contributed by atoms with Gasteiger partial charge in [0, 0.05) is 0 Å². The first-order valence-corrected chi connectivity index (χ1v) is 10.1. The van der Waals surface area contributed by atoms with Crippen molar-refractivity contribution in [3.63, 3.8) is 0 Å². The highest BCUT2D eigenvalue weighted by molar-refractivity contribution is 7.89. The van der Waals surface area contributed by atoms with E-state index < -0.39 is 35.1 Å². The third-order valence-electron chi connectivity index (χ3n) is 3.60. The Bertz CT molecular complexity index is 1010. The Balaban J connectivity index is 1.84. The molecule has 0 spiro atoms. The van der Waals surface area contributed by atoms with Crippen LogP contribution in [0.2, 0.25) is 0 Å². The Labute approximate surface area is 160 Å². The number of rotatable bonds is 7. The summed E-state index contributed by atoms with van der Waals surface area (Å²) in [7, 11) is -3.87. The van der Waals surface area contributed by atoms with Gasteiger partial charge in [-0.05, 0) is 48.6 Å². The molecule has 0 unspecified atom stereocenters. The molecule has 1 aromatic carbocycles. The zero-order valence-electron chi connectivity index (χ0n) is 14.6. The van der Waals surface area contributed by atoms with E-state index in [4.69, 9.17) is 10.00 Å². The zero-order valence-corrected chi connectivity index (χ0v) is 16.2. The number of sulfonamides is 1. The third-order valence-corrected chi connectivity index (χ3v) is 5.83. The Kier molecular flexibility index (Phi) is 6.68. The molecule has 0 saturated heterocycles. The van der Waals surface area contributed by atoms with Crippen molar-refractivity contribution in [2.24, 2.45) is 0 Å². The fraction of sp³-hybridized carbons (Fsp3) is 0.235. The van der Waals surface area contributed by atoms with Crippen molar-refractivity contribution in [2.75, 3.05) is 18.5 Å². The number of anilines is 1. The van der Waals surface area contributed by atoms with Gasteiger partial charge in [0.1, 0.15) is 17.6 Å². The van der Waals surface area contributed by atoms with Gasteiger partial charge in [0.05, 0.1) is 10.5 Å². The highest BCUT2D eigenvalue weighted by Crippen LogP contribution is 2.21. The van der Waals surface area contributed by atoms with E-state index in [0.29, 0.717) is 10.6 Å².